The summed E-state index contributed by atoms with van der Waals surface area (Å²) in [5.41, 5.74) is 4.80. The minimum atomic E-state index is -0.919. The van der Waals surface area contributed by atoms with Crippen LogP contribution >= 0.6 is 0 Å². The van der Waals surface area contributed by atoms with Gasteiger partial charge in [-0.3, -0.25) is 10.1 Å². The van der Waals surface area contributed by atoms with Crippen LogP contribution in [0.25, 0.3) is 5.57 Å². The molecule has 0 atom stereocenters. The number of hydrogen-bond donors (Lipinski definition) is 2. The molecule has 0 fully saturated rings. The SMILES string of the molecule is C=C(C(=O)NC(N)=O)c1ccco1. The summed E-state index contributed by atoms with van der Waals surface area (Å²) >= 11 is 0. The predicted molar refractivity (Wildman–Crippen MR) is 45.5 cm³/mol. The number of carbonyl (C=O) groups excluding carboxylic acids is 2. The Labute approximate surface area is 74.2 Å². The molecule has 0 bridgehead atoms. The summed E-state index contributed by atoms with van der Waals surface area (Å²) in [5.74, 6) is -0.360. The number of carbonyl (C=O) groups is 2. The zero-order valence-electron chi connectivity index (χ0n) is 6.74. The van der Waals surface area contributed by atoms with Crippen LogP contribution in [0.3, 0.4) is 0 Å². The molecule has 5 nitrogen and oxygen atoms in total. The van der Waals surface area contributed by atoms with Crippen molar-refractivity contribution in [3.05, 3.63) is 30.7 Å². The van der Waals surface area contributed by atoms with Gasteiger partial charge in [-0.2, -0.15) is 0 Å². The average Bonchev–Trinajstić information content (AvgIpc) is 2.53. The van der Waals surface area contributed by atoms with Crippen LogP contribution in [0.5, 0.6) is 0 Å². The van der Waals surface area contributed by atoms with Crippen molar-refractivity contribution in [1.29, 1.82) is 0 Å². The lowest BCUT2D eigenvalue weighted by atomic mass is 10.2. The van der Waals surface area contributed by atoms with Crippen LogP contribution in [-0.2, 0) is 4.79 Å². The van der Waals surface area contributed by atoms with Crippen molar-refractivity contribution < 1.29 is 14.0 Å². The first-order chi connectivity index (χ1) is 6.11. The molecule has 5 heteroatoms. The van der Waals surface area contributed by atoms with Gasteiger partial charge in [-0.25, -0.2) is 4.79 Å². The van der Waals surface area contributed by atoms with Gasteiger partial charge in [0.1, 0.15) is 5.76 Å². The molecule has 0 unspecified atom stereocenters. The number of furan rings is 1. The van der Waals surface area contributed by atoms with Gasteiger partial charge in [0.25, 0.3) is 5.91 Å². The van der Waals surface area contributed by atoms with E-state index in [1.165, 1.54) is 6.26 Å². The Balaban J connectivity index is 2.69. The van der Waals surface area contributed by atoms with Gasteiger partial charge in [-0.1, -0.05) is 6.58 Å². The first-order valence-corrected chi connectivity index (χ1v) is 3.45. The van der Waals surface area contributed by atoms with Crippen molar-refractivity contribution in [1.82, 2.24) is 5.32 Å². The molecular formula is C8H8N2O3. The average molecular weight is 180 g/mol. The lowest BCUT2D eigenvalue weighted by Gasteiger charge is -2.00. The first kappa shape index (κ1) is 9.05. The van der Waals surface area contributed by atoms with E-state index < -0.39 is 11.9 Å². The minimum absolute atomic E-state index is 0.0591. The van der Waals surface area contributed by atoms with Crippen molar-refractivity contribution in [2.45, 2.75) is 0 Å². The van der Waals surface area contributed by atoms with Crippen LogP contribution in [0.1, 0.15) is 5.76 Å². The molecule has 68 valence electrons. The Morgan fingerprint density at radius 1 is 1.54 bits per heavy atom. The Morgan fingerprint density at radius 2 is 2.23 bits per heavy atom. The molecule has 0 radical (unpaired) electrons. The van der Waals surface area contributed by atoms with E-state index in [9.17, 15) is 9.59 Å². The van der Waals surface area contributed by atoms with Gasteiger partial charge in [0.05, 0.1) is 11.8 Å². The molecule has 0 spiro atoms. The van der Waals surface area contributed by atoms with E-state index in [-0.39, 0.29) is 5.57 Å². The maximum Gasteiger partial charge on any atom is 0.319 e. The monoisotopic (exact) mass is 180 g/mol. The van der Waals surface area contributed by atoms with Crippen molar-refractivity contribution in [2.75, 3.05) is 0 Å². The van der Waals surface area contributed by atoms with Gasteiger partial charge in [0, 0.05) is 0 Å². The second-order valence-corrected chi connectivity index (χ2v) is 2.27. The van der Waals surface area contributed by atoms with Gasteiger partial charge < -0.3 is 10.2 Å². The first-order valence-electron chi connectivity index (χ1n) is 3.45. The Morgan fingerprint density at radius 3 is 2.69 bits per heavy atom. The third kappa shape index (κ3) is 2.19. The minimum Gasteiger partial charge on any atom is -0.464 e. The highest BCUT2D eigenvalue weighted by Gasteiger charge is 2.12. The molecule has 3 amide bonds. The topological polar surface area (TPSA) is 85.3 Å². The van der Waals surface area contributed by atoms with Gasteiger partial charge in [0.15, 0.2) is 0 Å². The molecular weight excluding hydrogens is 172 g/mol. The molecule has 13 heavy (non-hydrogen) atoms. The Kier molecular flexibility index (Phi) is 2.49. The predicted octanol–water partition coefficient (Wildman–Crippen LogP) is 0.488. The Hall–Kier alpha value is -2.04. The van der Waals surface area contributed by atoms with Crippen LogP contribution in [0, 0.1) is 0 Å². The number of urea groups is 1. The van der Waals surface area contributed by atoms with Gasteiger partial charge in [-0.15, -0.1) is 0 Å². The summed E-state index contributed by atoms with van der Waals surface area (Å²) < 4.78 is 4.89. The highest BCUT2D eigenvalue weighted by Crippen LogP contribution is 2.11. The van der Waals surface area contributed by atoms with Gasteiger partial charge in [0.2, 0.25) is 0 Å². The van der Waals surface area contributed by atoms with Crippen LogP contribution in [0.15, 0.2) is 29.4 Å². The van der Waals surface area contributed by atoms with E-state index in [0.29, 0.717) is 5.76 Å². The fraction of sp³-hybridized carbons (Fsp3) is 0. The smallest absolute Gasteiger partial charge is 0.319 e. The van der Waals surface area contributed by atoms with Crippen molar-refractivity contribution >= 4 is 17.5 Å². The van der Waals surface area contributed by atoms with Crippen molar-refractivity contribution in [3.8, 4) is 0 Å². The zero-order valence-corrected chi connectivity index (χ0v) is 6.74. The van der Waals surface area contributed by atoms with E-state index in [1.54, 1.807) is 12.1 Å². The summed E-state index contributed by atoms with van der Waals surface area (Å²) in [7, 11) is 0. The zero-order chi connectivity index (χ0) is 9.84. The number of rotatable bonds is 2. The number of nitrogens with one attached hydrogen (secondary N) is 1. The van der Waals surface area contributed by atoms with Crippen LogP contribution in [0.2, 0.25) is 0 Å². The van der Waals surface area contributed by atoms with Crippen molar-refractivity contribution in [2.24, 2.45) is 5.73 Å². The fourth-order valence-corrected chi connectivity index (χ4v) is 0.750. The standard InChI is InChI=1S/C8H8N2O3/c1-5(6-3-2-4-13-6)7(11)10-8(9)12/h2-4H,1H2,(H3,9,10,11,12). The van der Waals surface area contributed by atoms with Crippen LogP contribution in [0.4, 0.5) is 4.79 Å². The van der Waals surface area contributed by atoms with Crippen LogP contribution in [-0.4, -0.2) is 11.9 Å². The molecule has 0 aliphatic rings. The second-order valence-electron chi connectivity index (χ2n) is 2.27. The lowest BCUT2D eigenvalue weighted by Crippen LogP contribution is -2.35. The molecule has 1 heterocycles. The Bertz CT molecular complexity index is 340. The van der Waals surface area contributed by atoms with Gasteiger partial charge >= 0.3 is 6.03 Å². The number of hydrogen-bond acceptors (Lipinski definition) is 3. The molecule has 0 saturated carbocycles. The summed E-state index contributed by atoms with van der Waals surface area (Å²) in [4.78, 5) is 21.4. The molecule has 1 rings (SSSR count). The number of imide groups is 1. The van der Waals surface area contributed by atoms with E-state index in [0.717, 1.165) is 0 Å². The summed E-state index contributed by atoms with van der Waals surface area (Å²) in [5, 5.41) is 1.87. The van der Waals surface area contributed by atoms with E-state index in [1.807, 2.05) is 5.32 Å². The van der Waals surface area contributed by atoms with Crippen LogP contribution < -0.4 is 11.1 Å². The quantitative estimate of drug-likeness (QED) is 0.649. The second kappa shape index (κ2) is 3.57. The molecule has 0 aliphatic heterocycles. The molecule has 3 N–H and O–H groups in total. The maximum atomic E-state index is 11.1. The highest BCUT2D eigenvalue weighted by molar-refractivity contribution is 6.21. The summed E-state index contributed by atoms with van der Waals surface area (Å²) in [6.07, 6.45) is 1.40. The molecule has 1 aromatic rings. The fourth-order valence-electron chi connectivity index (χ4n) is 0.750. The largest absolute Gasteiger partial charge is 0.464 e. The summed E-state index contributed by atoms with van der Waals surface area (Å²) in [6.45, 7) is 3.44. The third-order valence-electron chi connectivity index (χ3n) is 1.33. The maximum absolute atomic E-state index is 11.1. The summed E-state index contributed by atoms with van der Waals surface area (Å²) in [6, 6.07) is 2.25. The molecule has 0 aliphatic carbocycles. The number of amides is 3. The molecule has 0 aromatic carbocycles. The highest BCUT2D eigenvalue weighted by atomic mass is 16.3. The molecule has 0 saturated heterocycles. The third-order valence-corrected chi connectivity index (χ3v) is 1.33. The molecule has 1 aromatic heterocycles. The van der Waals surface area contributed by atoms with Crippen molar-refractivity contribution in [3.63, 3.8) is 0 Å². The number of nitrogens with two attached hydrogens (primary N) is 1. The van der Waals surface area contributed by atoms with E-state index >= 15 is 0 Å². The normalized spacial score (nSPS) is 9.23. The lowest BCUT2D eigenvalue weighted by molar-refractivity contribution is -0.114. The van der Waals surface area contributed by atoms with Gasteiger partial charge in [-0.05, 0) is 12.1 Å². The van der Waals surface area contributed by atoms with E-state index in [2.05, 4.69) is 6.58 Å². The van der Waals surface area contributed by atoms with E-state index in [4.69, 9.17) is 10.2 Å². The number of primary amides is 1.